The molecule has 0 aromatic heterocycles. The summed E-state index contributed by atoms with van der Waals surface area (Å²) in [7, 11) is 1.47. The number of epoxide rings is 1. The number of carbonyl (C=O) groups excluding carboxylic acids is 4. The summed E-state index contributed by atoms with van der Waals surface area (Å²) < 4.78 is 55.2. The average Bonchev–Trinajstić information content (AvgIpc) is 3.65. The first-order valence-corrected chi connectivity index (χ1v) is 12.9. The van der Waals surface area contributed by atoms with Gasteiger partial charge >= 0.3 is 6.18 Å². The largest absolute Gasteiger partial charge is 0.497 e. The third-order valence-electron chi connectivity index (χ3n) is 6.64. The van der Waals surface area contributed by atoms with Gasteiger partial charge < -0.3 is 30.2 Å². The minimum absolute atomic E-state index is 0.0518. The first-order chi connectivity index (χ1) is 18.8. The molecule has 0 spiro atoms. The van der Waals surface area contributed by atoms with E-state index in [9.17, 15) is 32.3 Å². The second kappa shape index (κ2) is 13.4. The molecule has 0 saturated carbocycles. The first kappa shape index (κ1) is 31.3. The second-order valence-electron chi connectivity index (χ2n) is 10.1. The van der Waals surface area contributed by atoms with Crippen LogP contribution in [0.4, 0.5) is 13.2 Å². The molecule has 0 radical (unpaired) electrons. The molecule has 3 rings (SSSR count). The zero-order chi connectivity index (χ0) is 29.5. The van der Waals surface area contributed by atoms with Crippen molar-refractivity contribution in [3.63, 3.8) is 0 Å². The number of hydrogen-bond donors (Lipinski definition) is 3. The number of alkyl halides is 3. The fraction of sp³-hybridized carbons (Fsp3) is 0.615. The van der Waals surface area contributed by atoms with Crippen molar-refractivity contribution in [2.45, 2.75) is 56.6 Å². The SMILES string of the molecule is COc1ccc(C[C@H](NC(=O)[C@H](C)NC(=O)CN2CCOCC2)C(=O)N[C@@H](CC(F)(F)F)C(=O)[C@@]2(C)CO2)cc1. The van der Waals surface area contributed by atoms with E-state index in [1.165, 1.54) is 21.0 Å². The van der Waals surface area contributed by atoms with Crippen molar-refractivity contribution in [1.82, 2.24) is 20.9 Å². The van der Waals surface area contributed by atoms with Crippen LogP contribution < -0.4 is 20.7 Å². The van der Waals surface area contributed by atoms with Crippen LogP contribution in [0.2, 0.25) is 0 Å². The zero-order valence-electron chi connectivity index (χ0n) is 22.6. The van der Waals surface area contributed by atoms with Crippen LogP contribution in [0.1, 0.15) is 25.8 Å². The molecule has 1 aromatic carbocycles. The Labute approximate surface area is 230 Å². The summed E-state index contributed by atoms with van der Waals surface area (Å²) in [5.74, 6) is -2.48. The number of halogens is 3. The van der Waals surface area contributed by atoms with Crippen molar-refractivity contribution >= 4 is 23.5 Å². The number of amides is 3. The van der Waals surface area contributed by atoms with E-state index in [1.807, 2.05) is 4.90 Å². The van der Waals surface area contributed by atoms with Crippen LogP contribution >= 0.6 is 0 Å². The second-order valence-corrected chi connectivity index (χ2v) is 10.1. The van der Waals surface area contributed by atoms with E-state index in [0.29, 0.717) is 37.6 Å². The molecule has 2 saturated heterocycles. The number of Topliss-reactive ketones (excluding diaryl/α,β-unsaturated/α-hetero) is 1. The molecule has 4 atom stereocenters. The van der Waals surface area contributed by atoms with Crippen LogP contribution in [0.25, 0.3) is 0 Å². The number of ether oxygens (including phenoxy) is 3. The van der Waals surface area contributed by atoms with E-state index in [1.54, 1.807) is 24.3 Å². The van der Waals surface area contributed by atoms with Crippen LogP contribution in [0, 0.1) is 0 Å². The van der Waals surface area contributed by atoms with Gasteiger partial charge in [0, 0.05) is 19.5 Å². The molecule has 222 valence electrons. The maximum Gasteiger partial charge on any atom is 0.391 e. The topological polar surface area (TPSA) is 139 Å². The molecule has 2 aliphatic rings. The van der Waals surface area contributed by atoms with Gasteiger partial charge in [-0.15, -0.1) is 0 Å². The standard InChI is InChI=1S/C26H35F3N4O7/c1-16(30-21(34)14-33-8-10-39-11-9-33)23(36)31-19(12-17-4-6-18(38-3)7-5-17)24(37)32-20(13-26(27,28)29)22(35)25(2)15-40-25/h4-7,16,19-20H,8-15H2,1-3H3,(H,30,34)(H,31,36)(H,32,37)/t16-,19-,20-,25+/m0/s1. The Morgan fingerprint density at radius 2 is 1.62 bits per heavy atom. The fourth-order valence-electron chi connectivity index (χ4n) is 4.15. The van der Waals surface area contributed by atoms with Crippen molar-refractivity contribution in [3.8, 4) is 5.75 Å². The highest BCUT2D eigenvalue weighted by Crippen LogP contribution is 2.32. The lowest BCUT2D eigenvalue weighted by atomic mass is 9.97. The molecule has 40 heavy (non-hydrogen) atoms. The molecule has 3 N–H and O–H groups in total. The van der Waals surface area contributed by atoms with Gasteiger partial charge in [-0.05, 0) is 31.5 Å². The van der Waals surface area contributed by atoms with Crippen LogP contribution in [-0.4, -0.2) is 105 Å². The molecule has 1 aromatic rings. The third kappa shape index (κ3) is 9.45. The summed E-state index contributed by atoms with van der Waals surface area (Å²) in [4.78, 5) is 53.2. The summed E-state index contributed by atoms with van der Waals surface area (Å²) in [5.41, 5.74) is -0.835. The Morgan fingerprint density at radius 1 is 1.02 bits per heavy atom. The lowest BCUT2D eigenvalue weighted by Crippen LogP contribution is -2.57. The van der Waals surface area contributed by atoms with E-state index in [0.717, 1.165) is 0 Å². The van der Waals surface area contributed by atoms with Gasteiger partial charge in [0.2, 0.25) is 17.7 Å². The molecular weight excluding hydrogens is 537 g/mol. The van der Waals surface area contributed by atoms with Crippen molar-refractivity contribution in [2.75, 3.05) is 46.6 Å². The normalized spacial score (nSPS) is 21.4. The van der Waals surface area contributed by atoms with E-state index in [2.05, 4.69) is 16.0 Å². The van der Waals surface area contributed by atoms with E-state index in [-0.39, 0.29) is 19.6 Å². The van der Waals surface area contributed by atoms with Gasteiger partial charge in [0.25, 0.3) is 0 Å². The number of methoxy groups -OCH3 is 1. The lowest BCUT2D eigenvalue weighted by molar-refractivity contribution is -0.152. The summed E-state index contributed by atoms with van der Waals surface area (Å²) in [6, 6.07) is 2.22. The maximum absolute atomic E-state index is 13.3. The monoisotopic (exact) mass is 572 g/mol. The minimum Gasteiger partial charge on any atom is -0.497 e. The highest BCUT2D eigenvalue weighted by atomic mass is 19.4. The van der Waals surface area contributed by atoms with E-state index in [4.69, 9.17) is 14.2 Å². The van der Waals surface area contributed by atoms with E-state index < -0.39 is 59.8 Å². The van der Waals surface area contributed by atoms with Gasteiger partial charge in [0.15, 0.2) is 5.78 Å². The highest BCUT2D eigenvalue weighted by molar-refractivity contribution is 5.98. The van der Waals surface area contributed by atoms with E-state index >= 15 is 0 Å². The smallest absolute Gasteiger partial charge is 0.391 e. The molecule has 2 aliphatic heterocycles. The molecule has 0 unspecified atom stereocenters. The van der Waals surface area contributed by atoms with Crippen LogP contribution in [-0.2, 0) is 35.1 Å². The molecule has 0 bridgehead atoms. The fourth-order valence-corrected chi connectivity index (χ4v) is 4.15. The van der Waals surface area contributed by atoms with Crippen molar-refractivity contribution in [3.05, 3.63) is 29.8 Å². The molecule has 0 aliphatic carbocycles. The molecule has 11 nitrogen and oxygen atoms in total. The number of benzene rings is 1. The molecule has 3 amide bonds. The Bertz CT molecular complexity index is 1060. The average molecular weight is 573 g/mol. The molecule has 2 heterocycles. The highest BCUT2D eigenvalue weighted by Gasteiger charge is 2.52. The Morgan fingerprint density at radius 3 is 2.17 bits per heavy atom. The minimum atomic E-state index is -4.74. The molecular formula is C26H35F3N4O7. The molecule has 2 fully saturated rings. The van der Waals surface area contributed by atoms with Crippen LogP contribution in [0.15, 0.2) is 24.3 Å². The first-order valence-electron chi connectivity index (χ1n) is 12.9. The van der Waals surface area contributed by atoms with Gasteiger partial charge in [-0.25, -0.2) is 0 Å². The quantitative estimate of drug-likeness (QED) is 0.288. The summed E-state index contributed by atoms with van der Waals surface area (Å²) >= 11 is 0. The van der Waals surface area contributed by atoms with Gasteiger partial charge in [-0.1, -0.05) is 12.1 Å². The van der Waals surface area contributed by atoms with Gasteiger partial charge in [0.1, 0.15) is 23.4 Å². The molecule has 14 heteroatoms. The summed E-state index contributed by atoms with van der Waals surface area (Å²) in [5, 5.41) is 7.25. The number of nitrogens with zero attached hydrogens (tertiary/aromatic N) is 1. The zero-order valence-corrected chi connectivity index (χ0v) is 22.6. The lowest BCUT2D eigenvalue weighted by Gasteiger charge is -2.27. The van der Waals surface area contributed by atoms with Gasteiger partial charge in [-0.2, -0.15) is 13.2 Å². The summed E-state index contributed by atoms with van der Waals surface area (Å²) in [6.07, 6.45) is -6.43. The number of morpholine rings is 1. The number of hydrogen-bond acceptors (Lipinski definition) is 8. The number of ketones is 1. The van der Waals surface area contributed by atoms with Gasteiger partial charge in [-0.3, -0.25) is 24.1 Å². The van der Waals surface area contributed by atoms with Crippen molar-refractivity contribution in [2.24, 2.45) is 0 Å². The number of rotatable bonds is 13. The predicted molar refractivity (Wildman–Crippen MR) is 135 cm³/mol. The van der Waals surface area contributed by atoms with Crippen LogP contribution in [0.5, 0.6) is 5.75 Å². The Hall–Kier alpha value is -3.23. The maximum atomic E-state index is 13.3. The number of nitrogens with one attached hydrogen (secondary N) is 3. The Kier molecular flexibility index (Phi) is 10.5. The van der Waals surface area contributed by atoms with Gasteiger partial charge in [0.05, 0.1) is 45.9 Å². The predicted octanol–water partition coefficient (Wildman–Crippen LogP) is 0.355. The number of carbonyl (C=O) groups is 4. The summed E-state index contributed by atoms with van der Waals surface area (Å²) in [6.45, 7) is 4.91. The van der Waals surface area contributed by atoms with Crippen molar-refractivity contribution in [1.29, 1.82) is 0 Å². The van der Waals surface area contributed by atoms with Crippen LogP contribution in [0.3, 0.4) is 0 Å². The third-order valence-corrected chi connectivity index (χ3v) is 6.64. The Balaban J connectivity index is 1.71. The van der Waals surface area contributed by atoms with Crippen molar-refractivity contribution < 1.29 is 46.6 Å².